The van der Waals surface area contributed by atoms with Gasteiger partial charge in [-0.3, -0.25) is 4.79 Å². The molecule has 0 aliphatic carbocycles. The number of para-hydroxylation sites is 1. The third-order valence-corrected chi connectivity index (χ3v) is 4.13. The topological polar surface area (TPSA) is 39.2 Å². The zero-order valence-corrected chi connectivity index (χ0v) is 11.8. The SMILES string of the molecule is COC(=O)Cc1cccc(-c2nc3ccccc3s2)c1. The Morgan fingerprint density at radius 1 is 1.20 bits per heavy atom. The quantitative estimate of drug-likeness (QED) is 0.688. The lowest BCUT2D eigenvalue weighted by Crippen LogP contribution is -2.04. The summed E-state index contributed by atoms with van der Waals surface area (Å²) in [5.74, 6) is -0.230. The van der Waals surface area contributed by atoms with Crippen LogP contribution in [0.2, 0.25) is 0 Å². The molecule has 3 nitrogen and oxygen atoms in total. The first-order valence-electron chi connectivity index (χ1n) is 6.28. The molecule has 1 aromatic heterocycles. The summed E-state index contributed by atoms with van der Waals surface area (Å²) in [4.78, 5) is 16.0. The Morgan fingerprint density at radius 2 is 2.05 bits per heavy atom. The van der Waals surface area contributed by atoms with Crippen LogP contribution in [0.15, 0.2) is 48.5 Å². The predicted octanol–water partition coefficient (Wildman–Crippen LogP) is 3.68. The smallest absolute Gasteiger partial charge is 0.309 e. The minimum atomic E-state index is -0.230. The van der Waals surface area contributed by atoms with Crippen LogP contribution >= 0.6 is 11.3 Å². The largest absolute Gasteiger partial charge is 0.469 e. The van der Waals surface area contributed by atoms with Gasteiger partial charge in [-0.15, -0.1) is 11.3 Å². The van der Waals surface area contributed by atoms with Crippen LogP contribution < -0.4 is 0 Å². The maximum absolute atomic E-state index is 11.3. The Bertz CT molecular complexity index is 731. The van der Waals surface area contributed by atoms with Crippen molar-refractivity contribution in [3.63, 3.8) is 0 Å². The van der Waals surface area contributed by atoms with E-state index in [4.69, 9.17) is 4.74 Å². The predicted molar refractivity (Wildman–Crippen MR) is 80.8 cm³/mol. The Kier molecular flexibility index (Phi) is 3.48. The maximum Gasteiger partial charge on any atom is 0.309 e. The Hall–Kier alpha value is -2.20. The molecule has 0 saturated carbocycles. The van der Waals surface area contributed by atoms with Crippen LogP contribution in [0.3, 0.4) is 0 Å². The molecular formula is C16H13NO2S. The number of thiazole rings is 1. The summed E-state index contributed by atoms with van der Waals surface area (Å²) >= 11 is 1.66. The van der Waals surface area contributed by atoms with Gasteiger partial charge in [-0.2, -0.15) is 0 Å². The molecule has 0 amide bonds. The van der Waals surface area contributed by atoms with Gasteiger partial charge < -0.3 is 4.74 Å². The molecule has 1 heterocycles. The summed E-state index contributed by atoms with van der Waals surface area (Å²) in [6.45, 7) is 0. The van der Waals surface area contributed by atoms with Gasteiger partial charge >= 0.3 is 5.97 Å². The molecule has 4 heteroatoms. The van der Waals surface area contributed by atoms with Crippen molar-refractivity contribution in [3.8, 4) is 10.6 Å². The van der Waals surface area contributed by atoms with E-state index in [1.54, 1.807) is 11.3 Å². The van der Waals surface area contributed by atoms with Crippen LogP contribution in [0.25, 0.3) is 20.8 Å². The van der Waals surface area contributed by atoms with Gasteiger partial charge in [-0.25, -0.2) is 4.98 Å². The van der Waals surface area contributed by atoms with Crippen molar-refractivity contribution in [1.29, 1.82) is 0 Å². The standard InChI is InChI=1S/C16H13NO2S/c1-19-15(18)10-11-5-4-6-12(9-11)16-17-13-7-2-3-8-14(13)20-16/h2-9H,10H2,1H3. The fourth-order valence-electron chi connectivity index (χ4n) is 2.05. The third-order valence-electron chi connectivity index (χ3n) is 3.04. The molecule has 20 heavy (non-hydrogen) atoms. The second kappa shape index (κ2) is 5.43. The molecule has 2 aromatic carbocycles. The van der Waals surface area contributed by atoms with E-state index in [2.05, 4.69) is 11.1 Å². The number of nitrogens with zero attached hydrogens (tertiary/aromatic N) is 1. The first kappa shape index (κ1) is 12.8. The number of benzene rings is 2. The van der Waals surface area contributed by atoms with Gasteiger partial charge in [-0.1, -0.05) is 30.3 Å². The van der Waals surface area contributed by atoms with Gasteiger partial charge in [-0.05, 0) is 23.8 Å². The third kappa shape index (κ3) is 2.56. The zero-order chi connectivity index (χ0) is 13.9. The number of aromatic nitrogens is 1. The van der Waals surface area contributed by atoms with E-state index >= 15 is 0 Å². The second-order valence-electron chi connectivity index (χ2n) is 4.44. The van der Waals surface area contributed by atoms with Crippen molar-refractivity contribution < 1.29 is 9.53 Å². The molecule has 0 unspecified atom stereocenters. The molecule has 3 rings (SSSR count). The molecule has 0 aliphatic heterocycles. The van der Waals surface area contributed by atoms with Gasteiger partial charge in [0.15, 0.2) is 0 Å². The van der Waals surface area contributed by atoms with Gasteiger partial charge in [0.2, 0.25) is 0 Å². The van der Waals surface area contributed by atoms with E-state index < -0.39 is 0 Å². The van der Waals surface area contributed by atoms with Crippen LogP contribution in [-0.2, 0) is 16.0 Å². The minimum Gasteiger partial charge on any atom is -0.469 e. The molecule has 0 fully saturated rings. The summed E-state index contributed by atoms with van der Waals surface area (Å²) < 4.78 is 5.86. The van der Waals surface area contributed by atoms with Gasteiger partial charge in [0.25, 0.3) is 0 Å². The van der Waals surface area contributed by atoms with Crippen molar-refractivity contribution in [3.05, 3.63) is 54.1 Å². The number of hydrogen-bond donors (Lipinski definition) is 0. The van der Waals surface area contributed by atoms with Crippen LogP contribution in [0, 0.1) is 0 Å². The first-order valence-corrected chi connectivity index (χ1v) is 7.09. The molecular weight excluding hydrogens is 270 g/mol. The number of ether oxygens (including phenoxy) is 1. The number of carbonyl (C=O) groups is 1. The molecule has 0 bridgehead atoms. The van der Waals surface area contributed by atoms with Crippen molar-refractivity contribution in [1.82, 2.24) is 4.98 Å². The highest BCUT2D eigenvalue weighted by Gasteiger charge is 2.08. The monoisotopic (exact) mass is 283 g/mol. The molecule has 0 aliphatic rings. The molecule has 100 valence electrons. The van der Waals surface area contributed by atoms with Crippen molar-refractivity contribution >= 4 is 27.5 Å². The second-order valence-corrected chi connectivity index (χ2v) is 5.47. The van der Waals surface area contributed by atoms with E-state index in [0.717, 1.165) is 21.7 Å². The maximum atomic E-state index is 11.3. The van der Waals surface area contributed by atoms with E-state index in [-0.39, 0.29) is 12.4 Å². The lowest BCUT2D eigenvalue weighted by atomic mass is 10.1. The van der Waals surface area contributed by atoms with Crippen LogP contribution in [0.5, 0.6) is 0 Å². The zero-order valence-electron chi connectivity index (χ0n) is 11.0. The summed E-state index contributed by atoms with van der Waals surface area (Å²) in [6.07, 6.45) is 0.287. The van der Waals surface area contributed by atoms with Crippen LogP contribution in [0.1, 0.15) is 5.56 Å². The normalized spacial score (nSPS) is 10.7. The van der Waals surface area contributed by atoms with Gasteiger partial charge in [0.05, 0.1) is 23.7 Å². The summed E-state index contributed by atoms with van der Waals surface area (Å²) in [6, 6.07) is 15.9. The molecule has 3 aromatic rings. The van der Waals surface area contributed by atoms with E-state index in [1.807, 2.05) is 42.5 Å². The highest BCUT2D eigenvalue weighted by Crippen LogP contribution is 2.30. The fourth-order valence-corrected chi connectivity index (χ4v) is 3.01. The van der Waals surface area contributed by atoms with E-state index in [1.165, 1.54) is 11.8 Å². The number of carbonyl (C=O) groups excluding carboxylic acids is 1. The fraction of sp³-hybridized carbons (Fsp3) is 0.125. The molecule has 0 N–H and O–H groups in total. The van der Waals surface area contributed by atoms with Gasteiger partial charge in [0, 0.05) is 5.56 Å². The lowest BCUT2D eigenvalue weighted by Gasteiger charge is -2.02. The number of fused-ring (bicyclic) bond motifs is 1. The molecule has 0 radical (unpaired) electrons. The van der Waals surface area contributed by atoms with Crippen molar-refractivity contribution in [2.75, 3.05) is 7.11 Å². The number of esters is 1. The first-order chi connectivity index (χ1) is 9.76. The average molecular weight is 283 g/mol. The number of rotatable bonds is 3. The summed E-state index contributed by atoms with van der Waals surface area (Å²) in [5.41, 5.74) is 2.98. The van der Waals surface area contributed by atoms with Crippen LogP contribution in [-0.4, -0.2) is 18.1 Å². The van der Waals surface area contributed by atoms with E-state index in [9.17, 15) is 4.79 Å². The Labute approximate surface area is 120 Å². The summed E-state index contributed by atoms with van der Waals surface area (Å²) in [7, 11) is 1.40. The average Bonchev–Trinajstić information content (AvgIpc) is 2.91. The molecule has 0 atom stereocenters. The Balaban J connectivity index is 1.97. The van der Waals surface area contributed by atoms with E-state index in [0.29, 0.717) is 0 Å². The molecule has 0 saturated heterocycles. The van der Waals surface area contributed by atoms with Crippen molar-refractivity contribution in [2.45, 2.75) is 6.42 Å². The number of methoxy groups -OCH3 is 1. The highest BCUT2D eigenvalue weighted by molar-refractivity contribution is 7.21. The Morgan fingerprint density at radius 3 is 2.85 bits per heavy atom. The van der Waals surface area contributed by atoms with Gasteiger partial charge in [0.1, 0.15) is 5.01 Å². The van der Waals surface area contributed by atoms with Crippen LogP contribution in [0.4, 0.5) is 0 Å². The lowest BCUT2D eigenvalue weighted by molar-refractivity contribution is -0.139. The summed E-state index contributed by atoms with van der Waals surface area (Å²) in [5, 5.41) is 0.970. The van der Waals surface area contributed by atoms with Crippen molar-refractivity contribution in [2.24, 2.45) is 0 Å². The number of hydrogen-bond acceptors (Lipinski definition) is 4. The molecule has 0 spiro atoms. The highest BCUT2D eigenvalue weighted by atomic mass is 32.1. The minimum absolute atomic E-state index is 0.230.